The third kappa shape index (κ3) is 6.06. The molecule has 0 aliphatic carbocycles. The third-order valence-electron chi connectivity index (χ3n) is 4.02. The molecule has 6 nitrogen and oxygen atoms in total. The van der Waals surface area contributed by atoms with Gasteiger partial charge in [0.2, 0.25) is 0 Å². The molecule has 0 spiro atoms. The summed E-state index contributed by atoms with van der Waals surface area (Å²) in [6, 6.07) is 7.60. The van der Waals surface area contributed by atoms with E-state index in [2.05, 4.69) is 46.8 Å². The molecule has 0 radical (unpaired) electrons. The van der Waals surface area contributed by atoms with Crippen molar-refractivity contribution >= 4 is 23.2 Å². The highest BCUT2D eigenvalue weighted by Gasteiger charge is 2.17. The second-order valence-corrected chi connectivity index (χ2v) is 8.49. The minimum absolute atomic E-state index is 0.00468. The molecule has 2 rings (SSSR count). The number of amides is 1. The molecule has 0 atom stereocenters. The Labute approximate surface area is 165 Å². The number of carbonyl (C=O) groups is 1. The molecule has 0 unspecified atom stereocenters. The van der Waals surface area contributed by atoms with Gasteiger partial charge < -0.3 is 15.5 Å². The van der Waals surface area contributed by atoms with Crippen LogP contribution in [0.3, 0.4) is 0 Å². The summed E-state index contributed by atoms with van der Waals surface area (Å²) >= 11 is 1.66. The molecule has 0 aliphatic rings. The number of thiazole rings is 1. The average Bonchev–Trinajstić information content (AvgIpc) is 3.11. The summed E-state index contributed by atoms with van der Waals surface area (Å²) in [5.74, 6) is 0.723. The van der Waals surface area contributed by atoms with Gasteiger partial charge in [-0.2, -0.15) is 0 Å². The molecular weight excluding hydrogens is 358 g/mol. The largest absolute Gasteiger partial charge is 0.352 e. The molecular formula is C20H29N5OS. The second-order valence-electron chi connectivity index (χ2n) is 7.55. The SMILES string of the molecule is CN=C(NCc1ccc(C(=O)N(C)C)cc1)NCc1nc(C(C)(C)C)cs1. The van der Waals surface area contributed by atoms with E-state index in [0.29, 0.717) is 18.7 Å². The van der Waals surface area contributed by atoms with Gasteiger partial charge in [-0.15, -0.1) is 11.3 Å². The van der Waals surface area contributed by atoms with Gasteiger partial charge in [0, 0.05) is 44.0 Å². The lowest BCUT2D eigenvalue weighted by molar-refractivity contribution is 0.0827. The predicted molar refractivity (Wildman–Crippen MR) is 112 cm³/mol. The van der Waals surface area contributed by atoms with E-state index < -0.39 is 0 Å². The maximum absolute atomic E-state index is 11.9. The molecule has 146 valence electrons. The maximum Gasteiger partial charge on any atom is 0.253 e. The Balaban J connectivity index is 1.87. The monoisotopic (exact) mass is 387 g/mol. The molecule has 2 N–H and O–H groups in total. The van der Waals surface area contributed by atoms with Crippen molar-refractivity contribution in [3.05, 3.63) is 51.5 Å². The van der Waals surface area contributed by atoms with Crippen molar-refractivity contribution in [1.82, 2.24) is 20.5 Å². The van der Waals surface area contributed by atoms with E-state index in [0.717, 1.165) is 22.2 Å². The molecule has 7 heteroatoms. The van der Waals surface area contributed by atoms with Crippen molar-refractivity contribution in [3.63, 3.8) is 0 Å². The third-order valence-corrected chi connectivity index (χ3v) is 4.87. The topological polar surface area (TPSA) is 69.6 Å². The van der Waals surface area contributed by atoms with E-state index in [1.807, 2.05) is 24.3 Å². The zero-order valence-corrected chi connectivity index (χ0v) is 17.8. The first-order chi connectivity index (χ1) is 12.7. The fraction of sp³-hybridized carbons (Fsp3) is 0.450. The first-order valence-corrected chi connectivity index (χ1v) is 9.78. The molecule has 0 saturated carbocycles. The highest BCUT2D eigenvalue weighted by Crippen LogP contribution is 2.23. The van der Waals surface area contributed by atoms with Gasteiger partial charge in [-0.3, -0.25) is 9.79 Å². The number of carbonyl (C=O) groups excluding carboxylic acids is 1. The van der Waals surface area contributed by atoms with Crippen LogP contribution in [0.25, 0.3) is 0 Å². The molecule has 2 aromatic rings. The predicted octanol–water partition coefficient (Wildman–Crippen LogP) is 3.01. The van der Waals surface area contributed by atoms with E-state index >= 15 is 0 Å². The van der Waals surface area contributed by atoms with Crippen LogP contribution >= 0.6 is 11.3 Å². The quantitative estimate of drug-likeness (QED) is 0.611. The number of rotatable bonds is 5. The van der Waals surface area contributed by atoms with Crippen molar-refractivity contribution in [2.24, 2.45) is 4.99 Å². The van der Waals surface area contributed by atoms with Crippen LogP contribution in [0.2, 0.25) is 0 Å². The van der Waals surface area contributed by atoms with Gasteiger partial charge >= 0.3 is 0 Å². The average molecular weight is 388 g/mol. The molecule has 1 aromatic heterocycles. The van der Waals surface area contributed by atoms with Crippen LogP contribution in [0, 0.1) is 0 Å². The number of nitrogens with zero attached hydrogens (tertiary/aromatic N) is 3. The molecule has 0 bridgehead atoms. The molecule has 0 aliphatic heterocycles. The van der Waals surface area contributed by atoms with E-state index in [-0.39, 0.29) is 11.3 Å². The van der Waals surface area contributed by atoms with Gasteiger partial charge in [-0.25, -0.2) is 4.98 Å². The van der Waals surface area contributed by atoms with Crippen molar-refractivity contribution < 1.29 is 4.79 Å². The molecule has 27 heavy (non-hydrogen) atoms. The summed E-state index contributed by atoms with van der Waals surface area (Å²) in [6.45, 7) is 7.75. The summed E-state index contributed by atoms with van der Waals surface area (Å²) < 4.78 is 0. The Morgan fingerprint density at radius 2 is 1.78 bits per heavy atom. The zero-order valence-electron chi connectivity index (χ0n) is 17.0. The Morgan fingerprint density at radius 3 is 2.30 bits per heavy atom. The number of hydrogen-bond donors (Lipinski definition) is 2. The Hall–Kier alpha value is -2.41. The minimum atomic E-state index is 0.00468. The van der Waals surface area contributed by atoms with E-state index in [4.69, 9.17) is 0 Å². The number of guanidine groups is 1. The van der Waals surface area contributed by atoms with Gasteiger partial charge in [0.15, 0.2) is 5.96 Å². The number of hydrogen-bond acceptors (Lipinski definition) is 4. The standard InChI is InChI=1S/C20H29N5OS/c1-20(2,3)16-13-27-17(24-16)12-23-19(21-4)22-11-14-7-9-15(10-8-14)18(26)25(5)6/h7-10,13H,11-12H2,1-6H3,(H2,21,22,23). The smallest absolute Gasteiger partial charge is 0.253 e. The van der Waals surface area contributed by atoms with Crippen LogP contribution in [0.4, 0.5) is 0 Å². The van der Waals surface area contributed by atoms with E-state index in [1.165, 1.54) is 0 Å². The number of nitrogens with one attached hydrogen (secondary N) is 2. The summed E-state index contributed by atoms with van der Waals surface area (Å²) in [4.78, 5) is 22.4. The van der Waals surface area contributed by atoms with Crippen LogP contribution in [0.15, 0.2) is 34.6 Å². The fourth-order valence-corrected chi connectivity index (χ4v) is 3.29. The Bertz CT molecular complexity index is 787. The first-order valence-electron chi connectivity index (χ1n) is 8.90. The van der Waals surface area contributed by atoms with Gasteiger partial charge in [-0.05, 0) is 17.7 Å². The normalized spacial score (nSPS) is 12.0. The fourth-order valence-electron chi connectivity index (χ4n) is 2.33. The lowest BCUT2D eigenvalue weighted by Gasteiger charge is -2.14. The Morgan fingerprint density at radius 1 is 1.15 bits per heavy atom. The molecule has 1 aromatic carbocycles. The van der Waals surface area contributed by atoms with Crippen molar-refractivity contribution in [1.29, 1.82) is 0 Å². The highest BCUT2D eigenvalue weighted by atomic mass is 32.1. The molecule has 0 fully saturated rings. The van der Waals surface area contributed by atoms with Crippen molar-refractivity contribution in [3.8, 4) is 0 Å². The first kappa shape index (κ1) is 20.9. The van der Waals surface area contributed by atoms with Gasteiger partial charge in [0.05, 0.1) is 12.2 Å². The van der Waals surface area contributed by atoms with Crippen LogP contribution in [0.1, 0.15) is 47.4 Å². The van der Waals surface area contributed by atoms with Crippen LogP contribution < -0.4 is 10.6 Å². The molecule has 1 amide bonds. The summed E-state index contributed by atoms with van der Waals surface area (Å²) in [7, 11) is 5.25. The second kappa shape index (κ2) is 8.99. The maximum atomic E-state index is 11.9. The lowest BCUT2D eigenvalue weighted by Crippen LogP contribution is -2.36. The van der Waals surface area contributed by atoms with E-state index in [9.17, 15) is 4.79 Å². The van der Waals surface area contributed by atoms with Crippen molar-refractivity contribution in [2.45, 2.75) is 39.3 Å². The summed E-state index contributed by atoms with van der Waals surface area (Å²) in [5, 5.41) is 9.73. The van der Waals surface area contributed by atoms with E-state index in [1.54, 1.807) is 37.4 Å². The van der Waals surface area contributed by atoms with Gasteiger partial charge in [0.25, 0.3) is 5.91 Å². The minimum Gasteiger partial charge on any atom is -0.352 e. The summed E-state index contributed by atoms with van der Waals surface area (Å²) in [6.07, 6.45) is 0. The molecule has 1 heterocycles. The van der Waals surface area contributed by atoms with Crippen LogP contribution in [-0.4, -0.2) is 42.9 Å². The van der Waals surface area contributed by atoms with Crippen molar-refractivity contribution in [2.75, 3.05) is 21.1 Å². The lowest BCUT2D eigenvalue weighted by atomic mass is 9.93. The van der Waals surface area contributed by atoms with Gasteiger partial charge in [0.1, 0.15) is 5.01 Å². The van der Waals surface area contributed by atoms with Crippen LogP contribution in [0.5, 0.6) is 0 Å². The Kier molecular flexibility index (Phi) is 6.96. The number of aromatic nitrogens is 1. The highest BCUT2D eigenvalue weighted by molar-refractivity contribution is 7.09. The van der Waals surface area contributed by atoms with Gasteiger partial charge in [-0.1, -0.05) is 32.9 Å². The zero-order chi connectivity index (χ0) is 20.0. The number of benzene rings is 1. The number of aliphatic imine (C=N–C) groups is 1. The molecule has 0 saturated heterocycles. The summed E-state index contributed by atoms with van der Waals surface area (Å²) in [5.41, 5.74) is 2.94. The van der Waals surface area contributed by atoms with Crippen LogP contribution in [-0.2, 0) is 18.5 Å².